The Hall–Kier alpha value is -3.69. The predicted octanol–water partition coefficient (Wildman–Crippen LogP) is 6.04. The first-order valence-corrected chi connectivity index (χ1v) is 16.1. The molecule has 0 radical (unpaired) electrons. The van der Waals surface area contributed by atoms with Crippen LogP contribution >= 0.6 is 0 Å². The minimum absolute atomic E-state index is 0.0683. The second kappa shape index (κ2) is 12.4. The summed E-state index contributed by atoms with van der Waals surface area (Å²) in [7, 11) is 0. The van der Waals surface area contributed by atoms with Gasteiger partial charge in [0.1, 0.15) is 22.7 Å². The molecule has 3 N–H and O–H groups in total. The molecule has 1 spiro atoms. The van der Waals surface area contributed by atoms with E-state index in [0.29, 0.717) is 6.54 Å². The number of rotatable bonds is 8. The van der Waals surface area contributed by atoms with Crippen LogP contribution in [0.15, 0.2) is 42.4 Å². The van der Waals surface area contributed by atoms with E-state index in [2.05, 4.69) is 39.1 Å². The molecule has 3 saturated heterocycles. The van der Waals surface area contributed by atoms with Crippen molar-refractivity contribution in [1.29, 1.82) is 0 Å². The second-order valence-corrected chi connectivity index (χ2v) is 14.4. The molecule has 2 aromatic rings. The van der Waals surface area contributed by atoms with E-state index >= 15 is 0 Å². The fourth-order valence-corrected chi connectivity index (χ4v) is 6.47. The summed E-state index contributed by atoms with van der Waals surface area (Å²) in [6.45, 7) is 13.6. The van der Waals surface area contributed by atoms with Gasteiger partial charge < -0.3 is 25.1 Å². The van der Waals surface area contributed by atoms with Gasteiger partial charge in [0, 0.05) is 36.9 Å². The van der Waals surface area contributed by atoms with Crippen LogP contribution in [-0.2, 0) is 28.7 Å². The van der Waals surface area contributed by atoms with Crippen molar-refractivity contribution in [2.45, 2.75) is 116 Å². The highest BCUT2D eigenvalue weighted by atomic mass is 16.6. The molecule has 3 fully saturated rings. The number of aryl methyl sites for hydroxylation is 3. The first-order valence-electron chi connectivity index (χ1n) is 16.1. The number of carbonyl (C=O) groups is 2. The van der Waals surface area contributed by atoms with Crippen LogP contribution in [0.25, 0.3) is 0 Å². The van der Waals surface area contributed by atoms with Crippen molar-refractivity contribution in [2.75, 3.05) is 19.6 Å². The topological polar surface area (TPSA) is 117 Å². The fourth-order valence-electron chi connectivity index (χ4n) is 6.47. The number of imidazole rings is 1. The number of nitrogens with zero attached hydrogens (tertiary/aromatic N) is 4. The summed E-state index contributed by atoms with van der Waals surface area (Å²) in [6, 6.07) is 8.71. The number of hydrogen-bond donors (Lipinski definition) is 2. The molecular formula is C34H50N6O4. The summed E-state index contributed by atoms with van der Waals surface area (Å²) >= 11 is 0. The number of likely N-dealkylation sites (tertiary alicyclic amines) is 2. The number of aromatic nitrogens is 2. The highest BCUT2D eigenvalue weighted by Crippen LogP contribution is 2.48. The van der Waals surface area contributed by atoms with Gasteiger partial charge in [0.15, 0.2) is 0 Å². The quantitative estimate of drug-likeness (QED) is 0.352. The molecule has 0 bridgehead atoms. The number of nitrogens with two attached hydrogens (primary N) is 1. The van der Waals surface area contributed by atoms with Crippen molar-refractivity contribution in [2.24, 2.45) is 5.73 Å². The number of nitrogens with one attached hydrogen (secondary N) is 1. The summed E-state index contributed by atoms with van der Waals surface area (Å²) < 4.78 is 11.3. The van der Waals surface area contributed by atoms with Crippen LogP contribution in [0.5, 0.6) is 0 Å². The largest absolute Gasteiger partial charge is 0.444 e. The highest BCUT2D eigenvalue weighted by Gasteiger charge is 2.61. The number of aromatic amines is 1. The summed E-state index contributed by atoms with van der Waals surface area (Å²) in [5.74, 6) is 0.836. The van der Waals surface area contributed by atoms with Crippen molar-refractivity contribution in [3.63, 3.8) is 0 Å². The lowest BCUT2D eigenvalue weighted by Crippen LogP contribution is -2.44. The Bertz CT molecular complexity index is 1350. The summed E-state index contributed by atoms with van der Waals surface area (Å²) in [5, 5.41) is 0. The first-order chi connectivity index (χ1) is 20.8. The van der Waals surface area contributed by atoms with E-state index in [0.717, 1.165) is 81.7 Å². The Balaban J connectivity index is 1.10. The van der Waals surface area contributed by atoms with Crippen LogP contribution in [0.4, 0.5) is 9.59 Å². The maximum Gasteiger partial charge on any atom is 0.412 e. The molecule has 5 rings (SSSR count). The zero-order valence-electron chi connectivity index (χ0n) is 27.3. The highest BCUT2D eigenvalue weighted by molar-refractivity contribution is 5.70. The zero-order chi connectivity index (χ0) is 31.7. The average Bonchev–Trinajstić information content (AvgIpc) is 3.36. The fraction of sp³-hybridized carbons (Fsp3) is 0.618. The van der Waals surface area contributed by atoms with E-state index in [9.17, 15) is 9.59 Å². The molecule has 240 valence electrons. The number of allylic oxidation sites excluding steroid dienone is 1. The minimum atomic E-state index is -0.518. The van der Waals surface area contributed by atoms with Crippen LogP contribution < -0.4 is 5.73 Å². The van der Waals surface area contributed by atoms with E-state index in [-0.39, 0.29) is 23.9 Å². The molecular weight excluding hydrogens is 556 g/mol. The van der Waals surface area contributed by atoms with Gasteiger partial charge in [-0.15, -0.1) is 0 Å². The van der Waals surface area contributed by atoms with Gasteiger partial charge in [0.05, 0.1) is 12.6 Å². The van der Waals surface area contributed by atoms with Gasteiger partial charge in [-0.25, -0.2) is 14.6 Å². The molecule has 0 aliphatic carbocycles. The number of amides is 2. The molecule has 2 atom stereocenters. The van der Waals surface area contributed by atoms with Gasteiger partial charge in [0.2, 0.25) is 0 Å². The van der Waals surface area contributed by atoms with E-state index in [1.165, 1.54) is 11.1 Å². The van der Waals surface area contributed by atoms with E-state index < -0.39 is 11.2 Å². The first kappa shape index (κ1) is 31.7. The second-order valence-electron chi connectivity index (χ2n) is 14.4. The third-order valence-electron chi connectivity index (χ3n) is 8.64. The Morgan fingerprint density at radius 2 is 1.61 bits per heavy atom. The normalized spacial score (nSPS) is 22.2. The molecule has 2 amide bonds. The lowest BCUT2D eigenvalue weighted by atomic mass is 10.0. The Morgan fingerprint density at radius 1 is 0.955 bits per heavy atom. The molecule has 0 saturated carbocycles. The summed E-state index contributed by atoms with van der Waals surface area (Å²) in [4.78, 5) is 39.6. The van der Waals surface area contributed by atoms with Crippen LogP contribution in [0.1, 0.15) is 102 Å². The van der Waals surface area contributed by atoms with Crippen LogP contribution in [0.2, 0.25) is 0 Å². The Kier molecular flexibility index (Phi) is 8.92. The number of benzene rings is 1. The maximum atomic E-state index is 12.9. The monoisotopic (exact) mass is 606 g/mol. The molecule has 1 aromatic heterocycles. The van der Waals surface area contributed by atoms with Crippen molar-refractivity contribution in [3.8, 4) is 0 Å². The van der Waals surface area contributed by atoms with E-state index in [4.69, 9.17) is 15.2 Å². The van der Waals surface area contributed by atoms with Crippen LogP contribution in [0, 0.1) is 0 Å². The van der Waals surface area contributed by atoms with Gasteiger partial charge >= 0.3 is 12.2 Å². The summed E-state index contributed by atoms with van der Waals surface area (Å²) in [5.41, 5.74) is 9.44. The van der Waals surface area contributed by atoms with Gasteiger partial charge in [0.25, 0.3) is 0 Å². The standard InChI is InChI=1S/C34H50N6O4/c1-32(2,3)43-30(41)38-19-7-9-28(38)29-36-22-26(37-29)16-14-24-10-12-25(13-11-24)15-17-27(21-35)40-23-34(40)18-8-20-39(34)31(42)44-33(4,5)6/h10-13,21-22,28H,7-9,14-20,23,35H2,1-6H3,(H,36,37)/b27-21-/t28-,34?,40?/m0/s1. The maximum absolute atomic E-state index is 12.9. The van der Waals surface area contributed by atoms with Crippen molar-refractivity contribution in [3.05, 3.63) is 65.0 Å². The lowest BCUT2D eigenvalue weighted by molar-refractivity contribution is 0.0158. The Labute approximate surface area is 262 Å². The molecule has 4 heterocycles. The van der Waals surface area contributed by atoms with Crippen molar-refractivity contribution >= 4 is 12.2 Å². The molecule has 1 aromatic carbocycles. The lowest BCUT2D eigenvalue weighted by Gasteiger charge is -2.29. The predicted molar refractivity (Wildman–Crippen MR) is 170 cm³/mol. The molecule has 3 aliphatic rings. The molecule has 44 heavy (non-hydrogen) atoms. The Morgan fingerprint density at radius 3 is 2.27 bits per heavy atom. The van der Waals surface area contributed by atoms with Crippen LogP contribution in [0.3, 0.4) is 0 Å². The number of carbonyl (C=O) groups excluding carboxylic acids is 2. The SMILES string of the molecule is CC(C)(C)OC(=O)N1CCC[C@H]1c1ncc(CCc2ccc(CC/C(=C/N)N3CC34CCCN4C(=O)OC(C)(C)C)cc2)[nH]1. The van der Waals surface area contributed by atoms with Crippen molar-refractivity contribution in [1.82, 2.24) is 24.7 Å². The zero-order valence-corrected chi connectivity index (χ0v) is 27.3. The molecule has 10 heteroatoms. The number of H-pyrrole nitrogens is 1. The summed E-state index contributed by atoms with van der Waals surface area (Å²) in [6.07, 6.45) is 10.3. The molecule has 3 aliphatic heterocycles. The number of ether oxygens (including phenoxy) is 2. The van der Waals surface area contributed by atoms with Gasteiger partial charge in [-0.2, -0.15) is 0 Å². The third kappa shape index (κ3) is 7.33. The van der Waals surface area contributed by atoms with Gasteiger partial charge in [-0.3, -0.25) is 9.80 Å². The average molecular weight is 607 g/mol. The van der Waals surface area contributed by atoms with Gasteiger partial charge in [-0.05, 0) is 104 Å². The van der Waals surface area contributed by atoms with E-state index in [1.54, 1.807) is 11.1 Å². The smallest absolute Gasteiger partial charge is 0.412 e. The van der Waals surface area contributed by atoms with Crippen molar-refractivity contribution < 1.29 is 19.1 Å². The third-order valence-corrected chi connectivity index (χ3v) is 8.64. The number of hydrogen-bond acceptors (Lipinski definition) is 7. The molecule has 10 nitrogen and oxygen atoms in total. The van der Waals surface area contributed by atoms with Crippen LogP contribution in [-0.4, -0.2) is 73.4 Å². The minimum Gasteiger partial charge on any atom is -0.444 e. The molecule has 1 unspecified atom stereocenters. The van der Waals surface area contributed by atoms with E-state index in [1.807, 2.05) is 52.6 Å². The van der Waals surface area contributed by atoms with Gasteiger partial charge in [-0.1, -0.05) is 24.3 Å².